The van der Waals surface area contributed by atoms with Crippen molar-refractivity contribution in [3.63, 3.8) is 0 Å². The van der Waals surface area contributed by atoms with Crippen LogP contribution in [0.1, 0.15) is 67.7 Å². The molecule has 0 aromatic heterocycles. The Labute approximate surface area is 120 Å². The van der Waals surface area contributed by atoms with Gasteiger partial charge < -0.3 is 0 Å². The van der Waals surface area contributed by atoms with Crippen molar-refractivity contribution in [2.75, 3.05) is 0 Å². The molecule has 0 aliphatic carbocycles. The molecule has 0 unspecified atom stereocenters. The molecule has 4 nitrogen and oxygen atoms in total. The number of benzene rings is 1. The van der Waals surface area contributed by atoms with Gasteiger partial charge in [-0.2, -0.15) is 4.89 Å². The molecule has 0 amide bonds. The number of rotatable bonds is 6. The maximum Gasteiger partial charge on any atom is 0.373 e. The summed E-state index contributed by atoms with van der Waals surface area (Å²) in [6.45, 7) is 7.41. The van der Waals surface area contributed by atoms with E-state index in [9.17, 15) is 9.59 Å². The highest BCUT2D eigenvalue weighted by Gasteiger charge is 2.16. The summed E-state index contributed by atoms with van der Waals surface area (Å²) >= 11 is 0. The highest BCUT2D eigenvalue weighted by Crippen LogP contribution is 2.12. The Kier molecular flexibility index (Phi) is 5.89. The van der Waals surface area contributed by atoms with Crippen LogP contribution in [0.4, 0.5) is 0 Å². The van der Waals surface area contributed by atoms with Gasteiger partial charge >= 0.3 is 5.97 Å². The smallest absolute Gasteiger partial charge is 0.294 e. The van der Waals surface area contributed by atoms with Crippen molar-refractivity contribution in [3.8, 4) is 0 Å². The molecule has 20 heavy (non-hydrogen) atoms. The van der Waals surface area contributed by atoms with Crippen LogP contribution < -0.4 is 0 Å². The van der Waals surface area contributed by atoms with E-state index in [1.165, 1.54) is 0 Å². The normalized spacial score (nSPS) is 11.2. The first kappa shape index (κ1) is 16.4. The molecule has 0 heterocycles. The van der Waals surface area contributed by atoms with Crippen LogP contribution in [0.25, 0.3) is 0 Å². The maximum atomic E-state index is 11.8. The Morgan fingerprint density at radius 3 is 2.10 bits per heavy atom. The molecule has 0 N–H and O–H groups in total. The molecule has 0 saturated carbocycles. The van der Waals surface area contributed by atoms with E-state index in [0.29, 0.717) is 17.5 Å². The van der Waals surface area contributed by atoms with Crippen LogP contribution in [0.2, 0.25) is 0 Å². The van der Waals surface area contributed by atoms with Gasteiger partial charge in [0.25, 0.3) is 0 Å². The van der Waals surface area contributed by atoms with Gasteiger partial charge in [-0.05, 0) is 39.3 Å². The van der Waals surface area contributed by atoms with E-state index in [0.717, 1.165) is 12.8 Å². The van der Waals surface area contributed by atoms with Crippen LogP contribution >= 0.6 is 0 Å². The van der Waals surface area contributed by atoms with Gasteiger partial charge in [0.1, 0.15) is 5.60 Å². The molecule has 0 aliphatic rings. The topological polar surface area (TPSA) is 52.6 Å². The first-order valence-corrected chi connectivity index (χ1v) is 6.87. The third kappa shape index (κ3) is 5.53. The van der Waals surface area contributed by atoms with E-state index in [-0.39, 0.29) is 5.78 Å². The van der Waals surface area contributed by atoms with Crippen LogP contribution in [0, 0.1) is 0 Å². The Morgan fingerprint density at radius 2 is 1.60 bits per heavy atom. The molecular formula is C16H22O4. The summed E-state index contributed by atoms with van der Waals surface area (Å²) in [5.41, 5.74) is 0.430. The molecule has 0 spiro atoms. The second kappa shape index (κ2) is 7.20. The molecule has 1 rings (SSSR count). The predicted molar refractivity (Wildman–Crippen MR) is 76.6 cm³/mol. The molecule has 0 bridgehead atoms. The van der Waals surface area contributed by atoms with Gasteiger partial charge in [0.05, 0.1) is 5.56 Å². The van der Waals surface area contributed by atoms with Gasteiger partial charge in [0, 0.05) is 12.0 Å². The third-order valence-electron chi connectivity index (χ3n) is 2.57. The zero-order chi connectivity index (χ0) is 15.2. The quantitative estimate of drug-likeness (QED) is 0.449. The molecule has 110 valence electrons. The Bertz CT molecular complexity index is 454. The zero-order valence-electron chi connectivity index (χ0n) is 12.6. The molecule has 0 saturated heterocycles. The lowest BCUT2D eigenvalue weighted by molar-refractivity contribution is -0.301. The van der Waals surface area contributed by atoms with Crippen LogP contribution in [0.15, 0.2) is 24.3 Å². The van der Waals surface area contributed by atoms with E-state index < -0.39 is 11.6 Å². The van der Waals surface area contributed by atoms with E-state index in [1.54, 1.807) is 45.0 Å². The van der Waals surface area contributed by atoms with Crippen LogP contribution in [-0.2, 0) is 9.78 Å². The molecule has 0 fully saturated rings. The number of unbranched alkanes of at least 4 members (excludes halogenated alkanes) is 1. The Balaban J connectivity index is 2.62. The average Bonchev–Trinajstić information content (AvgIpc) is 2.41. The Morgan fingerprint density at radius 1 is 1.05 bits per heavy atom. The third-order valence-corrected chi connectivity index (χ3v) is 2.57. The predicted octanol–water partition coefficient (Wildman–Crippen LogP) is 3.95. The lowest BCUT2D eigenvalue weighted by Crippen LogP contribution is -2.21. The lowest BCUT2D eigenvalue weighted by atomic mass is 10.0. The SMILES string of the molecule is CCCCC(=O)c1ccc(C(=O)OOC(C)(C)C)cc1. The fourth-order valence-corrected chi connectivity index (χ4v) is 1.48. The van der Waals surface area contributed by atoms with Gasteiger partial charge in [-0.3, -0.25) is 9.68 Å². The number of ketones is 1. The summed E-state index contributed by atoms with van der Waals surface area (Å²) in [5.74, 6) is -0.467. The Hall–Kier alpha value is -1.68. The molecule has 1 aromatic rings. The average molecular weight is 278 g/mol. The van der Waals surface area contributed by atoms with E-state index in [2.05, 4.69) is 0 Å². The zero-order valence-corrected chi connectivity index (χ0v) is 12.6. The molecule has 0 atom stereocenters. The van der Waals surface area contributed by atoms with E-state index in [4.69, 9.17) is 9.78 Å². The van der Waals surface area contributed by atoms with Gasteiger partial charge in [-0.15, -0.1) is 0 Å². The molecule has 1 aromatic carbocycles. The largest absolute Gasteiger partial charge is 0.373 e. The first-order valence-electron chi connectivity index (χ1n) is 6.87. The summed E-state index contributed by atoms with van der Waals surface area (Å²) in [5, 5.41) is 0. The monoisotopic (exact) mass is 278 g/mol. The van der Waals surface area contributed by atoms with Crippen molar-refractivity contribution in [2.24, 2.45) is 0 Å². The van der Waals surface area contributed by atoms with Crippen molar-refractivity contribution >= 4 is 11.8 Å². The van der Waals surface area contributed by atoms with E-state index >= 15 is 0 Å². The van der Waals surface area contributed by atoms with Crippen LogP contribution in [0.3, 0.4) is 0 Å². The highest BCUT2D eigenvalue weighted by molar-refractivity contribution is 5.97. The molecule has 4 heteroatoms. The molecule has 0 radical (unpaired) electrons. The first-order chi connectivity index (χ1) is 9.33. The fourth-order valence-electron chi connectivity index (χ4n) is 1.48. The van der Waals surface area contributed by atoms with Gasteiger partial charge in [0.15, 0.2) is 5.78 Å². The fraction of sp³-hybridized carbons (Fsp3) is 0.500. The van der Waals surface area contributed by atoms with Crippen molar-refractivity contribution in [1.82, 2.24) is 0 Å². The number of carbonyl (C=O) groups is 2. The minimum atomic E-state index is -0.563. The number of carbonyl (C=O) groups excluding carboxylic acids is 2. The minimum absolute atomic E-state index is 0.0951. The van der Waals surface area contributed by atoms with Crippen molar-refractivity contribution in [2.45, 2.75) is 52.6 Å². The van der Waals surface area contributed by atoms with Crippen molar-refractivity contribution < 1.29 is 19.4 Å². The van der Waals surface area contributed by atoms with Crippen LogP contribution in [-0.4, -0.2) is 17.4 Å². The van der Waals surface area contributed by atoms with Gasteiger partial charge in [0.2, 0.25) is 0 Å². The summed E-state index contributed by atoms with van der Waals surface area (Å²) in [6.07, 6.45) is 2.40. The lowest BCUT2D eigenvalue weighted by Gasteiger charge is -2.16. The minimum Gasteiger partial charge on any atom is -0.294 e. The second-order valence-electron chi connectivity index (χ2n) is 5.67. The summed E-state index contributed by atoms with van der Waals surface area (Å²) in [4.78, 5) is 33.2. The number of Topliss-reactive ketones (excluding diaryl/α,β-unsaturated/α-hetero) is 1. The van der Waals surface area contributed by atoms with Gasteiger partial charge in [-0.1, -0.05) is 25.5 Å². The number of hydrogen-bond donors (Lipinski definition) is 0. The van der Waals surface area contributed by atoms with Crippen molar-refractivity contribution in [3.05, 3.63) is 35.4 Å². The highest BCUT2D eigenvalue weighted by atomic mass is 17.2. The summed E-state index contributed by atoms with van der Waals surface area (Å²) in [6, 6.07) is 6.44. The summed E-state index contributed by atoms with van der Waals surface area (Å²) in [7, 11) is 0. The van der Waals surface area contributed by atoms with Crippen LogP contribution in [0.5, 0.6) is 0 Å². The number of hydrogen-bond acceptors (Lipinski definition) is 4. The van der Waals surface area contributed by atoms with E-state index in [1.807, 2.05) is 6.92 Å². The molecule has 0 aliphatic heterocycles. The summed E-state index contributed by atoms with van der Waals surface area (Å²) < 4.78 is 0. The van der Waals surface area contributed by atoms with Crippen molar-refractivity contribution in [1.29, 1.82) is 0 Å². The van der Waals surface area contributed by atoms with Gasteiger partial charge in [-0.25, -0.2) is 4.79 Å². The molecular weight excluding hydrogens is 256 g/mol. The maximum absolute atomic E-state index is 11.8. The second-order valence-corrected chi connectivity index (χ2v) is 5.67. The standard InChI is InChI=1S/C16H22O4/c1-5-6-7-14(17)12-8-10-13(11-9-12)15(18)19-20-16(2,3)4/h8-11H,5-7H2,1-4H3.